The van der Waals surface area contributed by atoms with E-state index in [2.05, 4.69) is 0 Å². The third kappa shape index (κ3) is 3.08. The Bertz CT molecular complexity index is 248. The first kappa shape index (κ1) is 12.3. The SMILES string of the molecule is CC1CN(CC(C#N)C(F)(F)F)CC1N. The summed E-state index contributed by atoms with van der Waals surface area (Å²) >= 11 is 0. The van der Waals surface area contributed by atoms with Gasteiger partial charge in [0.05, 0.1) is 6.07 Å². The van der Waals surface area contributed by atoms with Crippen molar-refractivity contribution in [2.75, 3.05) is 19.6 Å². The highest BCUT2D eigenvalue weighted by molar-refractivity contribution is 4.93. The molecule has 0 aromatic rings. The Morgan fingerprint density at radius 3 is 2.47 bits per heavy atom. The van der Waals surface area contributed by atoms with Crippen LogP contribution in [-0.4, -0.2) is 36.8 Å². The largest absolute Gasteiger partial charge is 0.405 e. The summed E-state index contributed by atoms with van der Waals surface area (Å²) in [5.74, 6) is -1.72. The first-order valence-electron chi connectivity index (χ1n) is 4.79. The van der Waals surface area contributed by atoms with E-state index < -0.39 is 12.1 Å². The van der Waals surface area contributed by atoms with Crippen LogP contribution < -0.4 is 5.73 Å². The summed E-state index contributed by atoms with van der Waals surface area (Å²) in [6.07, 6.45) is -4.44. The molecule has 0 aliphatic carbocycles. The summed E-state index contributed by atoms with van der Waals surface area (Å²) in [7, 11) is 0. The minimum atomic E-state index is -4.44. The topological polar surface area (TPSA) is 53.0 Å². The molecular formula is C9H14F3N3. The molecule has 1 saturated heterocycles. The van der Waals surface area contributed by atoms with Crippen molar-refractivity contribution in [2.24, 2.45) is 17.6 Å². The molecule has 1 heterocycles. The molecule has 15 heavy (non-hydrogen) atoms. The molecule has 0 amide bonds. The highest BCUT2D eigenvalue weighted by Crippen LogP contribution is 2.27. The first-order chi connectivity index (χ1) is 6.84. The third-order valence-corrected chi connectivity index (χ3v) is 2.74. The van der Waals surface area contributed by atoms with Crippen LogP contribution in [0.2, 0.25) is 0 Å². The molecule has 0 bridgehead atoms. The van der Waals surface area contributed by atoms with Gasteiger partial charge in [0, 0.05) is 25.7 Å². The van der Waals surface area contributed by atoms with Crippen LogP contribution in [0.4, 0.5) is 13.2 Å². The highest BCUT2D eigenvalue weighted by atomic mass is 19.4. The smallest absolute Gasteiger partial charge is 0.326 e. The molecule has 1 aliphatic heterocycles. The fourth-order valence-electron chi connectivity index (χ4n) is 1.72. The lowest BCUT2D eigenvalue weighted by Crippen LogP contribution is -2.36. The van der Waals surface area contributed by atoms with Crippen LogP contribution in [0.15, 0.2) is 0 Å². The molecule has 1 fully saturated rings. The molecule has 0 spiro atoms. The lowest BCUT2D eigenvalue weighted by Gasteiger charge is -2.20. The molecule has 6 heteroatoms. The molecule has 0 aromatic heterocycles. The molecule has 1 rings (SSSR count). The van der Waals surface area contributed by atoms with Crippen LogP contribution in [0.5, 0.6) is 0 Å². The first-order valence-corrected chi connectivity index (χ1v) is 4.79. The molecule has 1 aliphatic rings. The number of nitriles is 1. The van der Waals surface area contributed by atoms with Gasteiger partial charge in [0.1, 0.15) is 0 Å². The van der Waals surface area contributed by atoms with Gasteiger partial charge in [-0.2, -0.15) is 18.4 Å². The lowest BCUT2D eigenvalue weighted by atomic mass is 10.1. The average Bonchev–Trinajstić information content (AvgIpc) is 2.40. The molecule has 0 saturated carbocycles. The highest BCUT2D eigenvalue weighted by Gasteiger charge is 2.42. The average molecular weight is 221 g/mol. The van der Waals surface area contributed by atoms with Crippen molar-refractivity contribution in [3.63, 3.8) is 0 Å². The molecule has 2 N–H and O–H groups in total. The van der Waals surface area contributed by atoms with E-state index in [1.165, 1.54) is 6.07 Å². The van der Waals surface area contributed by atoms with E-state index in [1.807, 2.05) is 6.92 Å². The molecule has 0 aromatic carbocycles. The van der Waals surface area contributed by atoms with Crippen molar-refractivity contribution >= 4 is 0 Å². The van der Waals surface area contributed by atoms with Gasteiger partial charge in [-0.15, -0.1) is 0 Å². The minimum Gasteiger partial charge on any atom is -0.326 e. The number of nitrogens with two attached hydrogens (primary N) is 1. The number of likely N-dealkylation sites (tertiary alicyclic amines) is 1. The molecule has 0 radical (unpaired) electrons. The van der Waals surface area contributed by atoms with Gasteiger partial charge in [-0.1, -0.05) is 6.92 Å². The summed E-state index contributed by atoms with van der Waals surface area (Å²) in [4.78, 5) is 1.61. The van der Waals surface area contributed by atoms with E-state index >= 15 is 0 Å². The predicted octanol–water partition coefficient (Wildman–Crippen LogP) is 0.967. The Morgan fingerprint density at radius 2 is 2.13 bits per heavy atom. The van der Waals surface area contributed by atoms with Crippen molar-refractivity contribution in [3.05, 3.63) is 0 Å². The Balaban J connectivity index is 2.52. The van der Waals surface area contributed by atoms with E-state index in [4.69, 9.17) is 11.0 Å². The van der Waals surface area contributed by atoms with E-state index in [0.717, 1.165) is 0 Å². The third-order valence-electron chi connectivity index (χ3n) is 2.74. The molecule has 3 nitrogen and oxygen atoms in total. The second kappa shape index (κ2) is 4.37. The number of nitrogens with zero attached hydrogens (tertiary/aromatic N) is 2. The van der Waals surface area contributed by atoms with Crippen molar-refractivity contribution in [2.45, 2.75) is 19.1 Å². The predicted molar refractivity (Wildman–Crippen MR) is 48.7 cm³/mol. The number of hydrogen-bond acceptors (Lipinski definition) is 3. The molecule has 3 unspecified atom stereocenters. The maximum absolute atomic E-state index is 12.3. The summed E-state index contributed by atoms with van der Waals surface area (Å²) < 4.78 is 36.9. The fourth-order valence-corrected chi connectivity index (χ4v) is 1.72. The normalized spacial score (nSPS) is 30.1. The zero-order chi connectivity index (χ0) is 11.6. The second-order valence-electron chi connectivity index (χ2n) is 4.08. The molecule has 86 valence electrons. The number of rotatable bonds is 2. The Hall–Kier alpha value is -0.800. The van der Waals surface area contributed by atoms with Gasteiger partial charge in [0.15, 0.2) is 5.92 Å². The van der Waals surface area contributed by atoms with E-state index in [9.17, 15) is 13.2 Å². The van der Waals surface area contributed by atoms with E-state index in [0.29, 0.717) is 13.1 Å². The van der Waals surface area contributed by atoms with Gasteiger partial charge < -0.3 is 5.73 Å². The van der Waals surface area contributed by atoms with Crippen molar-refractivity contribution in [1.82, 2.24) is 4.90 Å². The van der Waals surface area contributed by atoms with Gasteiger partial charge in [-0.25, -0.2) is 0 Å². The van der Waals surface area contributed by atoms with Gasteiger partial charge in [0.25, 0.3) is 0 Å². The van der Waals surface area contributed by atoms with Gasteiger partial charge >= 0.3 is 6.18 Å². The number of halogens is 3. The summed E-state index contributed by atoms with van der Waals surface area (Å²) in [6, 6.07) is 1.21. The van der Waals surface area contributed by atoms with Crippen LogP contribution >= 0.6 is 0 Å². The Labute approximate surface area is 86.6 Å². The summed E-state index contributed by atoms with van der Waals surface area (Å²) in [5.41, 5.74) is 5.69. The summed E-state index contributed by atoms with van der Waals surface area (Å²) in [6.45, 7) is 2.61. The molecular weight excluding hydrogens is 207 g/mol. The lowest BCUT2D eigenvalue weighted by molar-refractivity contribution is -0.162. The van der Waals surface area contributed by atoms with Gasteiger partial charge in [0.2, 0.25) is 0 Å². The monoisotopic (exact) mass is 221 g/mol. The van der Waals surface area contributed by atoms with E-state index in [1.54, 1.807) is 4.90 Å². The summed E-state index contributed by atoms with van der Waals surface area (Å²) in [5, 5.41) is 8.43. The molecule has 3 atom stereocenters. The van der Waals surface area contributed by atoms with Crippen LogP contribution in [0, 0.1) is 23.2 Å². The maximum Gasteiger partial charge on any atom is 0.405 e. The zero-order valence-electron chi connectivity index (χ0n) is 8.46. The van der Waals surface area contributed by atoms with Gasteiger partial charge in [-0.05, 0) is 5.92 Å². The maximum atomic E-state index is 12.3. The number of alkyl halides is 3. The Kier molecular flexibility index (Phi) is 3.58. The quantitative estimate of drug-likeness (QED) is 0.755. The van der Waals surface area contributed by atoms with Crippen molar-refractivity contribution in [3.8, 4) is 6.07 Å². The van der Waals surface area contributed by atoms with E-state index in [-0.39, 0.29) is 18.5 Å². The Morgan fingerprint density at radius 1 is 1.53 bits per heavy atom. The minimum absolute atomic E-state index is 0.0856. The standard InChI is InChI=1S/C9H14F3N3/c1-6-3-15(5-8(6)14)4-7(2-13)9(10,11)12/h6-8H,3-5,14H2,1H3. The van der Waals surface area contributed by atoms with Crippen molar-refractivity contribution < 1.29 is 13.2 Å². The van der Waals surface area contributed by atoms with Crippen molar-refractivity contribution in [1.29, 1.82) is 5.26 Å². The van der Waals surface area contributed by atoms with Crippen LogP contribution in [0.3, 0.4) is 0 Å². The van der Waals surface area contributed by atoms with Crippen LogP contribution in [-0.2, 0) is 0 Å². The van der Waals surface area contributed by atoms with Crippen LogP contribution in [0.25, 0.3) is 0 Å². The second-order valence-corrected chi connectivity index (χ2v) is 4.08. The fraction of sp³-hybridized carbons (Fsp3) is 0.889. The number of hydrogen-bond donors (Lipinski definition) is 1. The zero-order valence-corrected chi connectivity index (χ0v) is 8.46. The van der Waals surface area contributed by atoms with Gasteiger partial charge in [-0.3, -0.25) is 4.90 Å². The van der Waals surface area contributed by atoms with Crippen LogP contribution in [0.1, 0.15) is 6.92 Å².